The van der Waals surface area contributed by atoms with Gasteiger partial charge in [0.25, 0.3) is 5.91 Å². The number of aliphatic imine (C=N–C) groups is 1. The number of amides is 2. The third-order valence-corrected chi connectivity index (χ3v) is 7.84. The van der Waals surface area contributed by atoms with Gasteiger partial charge in [-0.1, -0.05) is 17.0 Å². The Labute approximate surface area is 239 Å². The molecule has 4 aliphatic heterocycles. The minimum Gasteiger partial charge on any atom is -0.381 e. The highest BCUT2D eigenvalue weighted by Crippen LogP contribution is 2.25. The van der Waals surface area contributed by atoms with Crippen LogP contribution in [0.3, 0.4) is 0 Å². The van der Waals surface area contributed by atoms with E-state index in [1.54, 1.807) is 30.5 Å². The van der Waals surface area contributed by atoms with Gasteiger partial charge in [-0.25, -0.2) is 4.98 Å². The molecule has 0 atom stereocenters. The van der Waals surface area contributed by atoms with Crippen LogP contribution in [0.4, 0.5) is 11.5 Å². The van der Waals surface area contributed by atoms with E-state index >= 15 is 0 Å². The Morgan fingerprint density at radius 3 is 2.68 bits per heavy atom. The number of benzene rings is 1. The van der Waals surface area contributed by atoms with Crippen molar-refractivity contribution >= 4 is 29.2 Å². The fourth-order valence-electron chi connectivity index (χ4n) is 5.48. The highest BCUT2D eigenvalue weighted by molar-refractivity contribution is 6.06. The predicted molar refractivity (Wildman–Crippen MR) is 155 cm³/mol. The van der Waals surface area contributed by atoms with E-state index in [0.29, 0.717) is 50.8 Å². The number of pyridine rings is 1. The highest BCUT2D eigenvalue weighted by Gasteiger charge is 2.36. The van der Waals surface area contributed by atoms with E-state index in [4.69, 9.17) is 9.47 Å². The summed E-state index contributed by atoms with van der Waals surface area (Å²) in [4.78, 5) is 42.7. The van der Waals surface area contributed by atoms with E-state index in [-0.39, 0.29) is 17.9 Å². The normalized spacial score (nSPS) is 19.6. The molecule has 6 rings (SSSR count). The van der Waals surface area contributed by atoms with Gasteiger partial charge in [0, 0.05) is 51.4 Å². The summed E-state index contributed by atoms with van der Waals surface area (Å²) in [6, 6.07) is 11.7. The van der Waals surface area contributed by atoms with Crippen LogP contribution in [0.25, 0.3) is 0 Å². The van der Waals surface area contributed by atoms with Crippen molar-refractivity contribution in [2.24, 2.45) is 4.99 Å². The van der Waals surface area contributed by atoms with Gasteiger partial charge in [0.2, 0.25) is 12.6 Å². The Kier molecular flexibility index (Phi) is 8.08. The largest absolute Gasteiger partial charge is 0.381 e. The van der Waals surface area contributed by atoms with Crippen LogP contribution in [0, 0.1) is 0 Å². The molecule has 1 aromatic heterocycles. The number of ether oxygens (including phenoxy) is 2. The number of likely N-dealkylation sites (tertiary alicyclic amines) is 1. The zero-order valence-corrected chi connectivity index (χ0v) is 23.2. The maximum atomic E-state index is 13.0. The average molecular weight is 558 g/mol. The number of methoxy groups -OCH3 is 1. The fraction of sp³-hybridized carbons (Fsp3) is 0.400. The van der Waals surface area contributed by atoms with Crippen LogP contribution in [0.15, 0.2) is 71.9 Å². The summed E-state index contributed by atoms with van der Waals surface area (Å²) in [6.45, 7) is 4.36. The lowest BCUT2D eigenvalue weighted by molar-refractivity contribution is -0.132. The molecule has 41 heavy (non-hydrogen) atoms. The van der Waals surface area contributed by atoms with Crippen LogP contribution in [-0.4, -0.2) is 91.7 Å². The van der Waals surface area contributed by atoms with Crippen molar-refractivity contribution in [1.82, 2.24) is 19.7 Å². The minimum absolute atomic E-state index is 0.0382. The lowest BCUT2D eigenvalue weighted by atomic mass is 10.1. The topological polar surface area (TPSA) is 106 Å². The van der Waals surface area contributed by atoms with Crippen LogP contribution < -0.4 is 15.1 Å². The number of nitrogens with one attached hydrogen (secondary N) is 1. The first-order valence-corrected chi connectivity index (χ1v) is 14.1. The number of hydrogen-bond acceptors (Lipinski definition) is 9. The molecule has 0 unspecified atom stereocenters. The number of carbonyl (C=O) groups is 2. The SMILES string of the molecule is COC1CCN(C(=O)Cc2cccc(N3C=C(Nc4ccc(C(=O)N5CCOCC5)cn4)C4=NC=C[N+]4C3)c2)CC1. The molecule has 11 heteroatoms. The van der Waals surface area contributed by atoms with Crippen LogP contribution in [0.1, 0.15) is 28.8 Å². The number of carbonyl (C=O) groups excluding carboxylic acids is 2. The summed E-state index contributed by atoms with van der Waals surface area (Å²) in [5, 5.41) is 3.38. The summed E-state index contributed by atoms with van der Waals surface area (Å²) >= 11 is 0. The molecule has 213 valence electrons. The number of aromatic nitrogens is 1. The lowest BCUT2D eigenvalue weighted by Gasteiger charge is -2.31. The Balaban J connectivity index is 1.15. The second-order valence-electron chi connectivity index (χ2n) is 10.5. The summed E-state index contributed by atoms with van der Waals surface area (Å²) in [6.07, 6.45) is 9.69. The number of piperidine rings is 1. The fourth-order valence-corrected chi connectivity index (χ4v) is 5.48. The van der Waals surface area contributed by atoms with E-state index in [1.807, 2.05) is 41.6 Å². The van der Waals surface area contributed by atoms with Crippen molar-refractivity contribution < 1.29 is 19.1 Å². The summed E-state index contributed by atoms with van der Waals surface area (Å²) in [5.41, 5.74) is 3.28. The second kappa shape index (κ2) is 12.2. The number of anilines is 2. The standard InChI is InChI=1S/C30H35N7O4/c1-40-25-7-10-34(11-8-25)28(38)18-22-3-2-4-24(17-22)37-20-26(29-31-9-12-36(29)21-37)33-27-6-5-23(19-32-27)30(39)35-13-15-41-16-14-35/h2-6,9,12,17,19-20,25H,7-8,10-11,13-16,18,21H2,1H3,(H,32,33)/q+1. The van der Waals surface area contributed by atoms with Gasteiger partial charge in [-0.05, 0) is 42.7 Å². The summed E-state index contributed by atoms with van der Waals surface area (Å²) in [5.74, 6) is 1.51. The smallest absolute Gasteiger partial charge is 0.308 e. The summed E-state index contributed by atoms with van der Waals surface area (Å²) < 4.78 is 10.8. The molecule has 0 saturated carbocycles. The maximum absolute atomic E-state index is 13.0. The van der Waals surface area contributed by atoms with E-state index < -0.39 is 0 Å². The zero-order valence-electron chi connectivity index (χ0n) is 23.2. The Morgan fingerprint density at radius 1 is 1.10 bits per heavy atom. The van der Waals surface area contributed by atoms with Gasteiger partial charge in [0.1, 0.15) is 11.5 Å². The van der Waals surface area contributed by atoms with Gasteiger partial charge in [-0.15, -0.1) is 0 Å². The van der Waals surface area contributed by atoms with Gasteiger partial charge in [-0.2, -0.15) is 4.99 Å². The van der Waals surface area contributed by atoms with Crippen molar-refractivity contribution in [2.75, 3.05) is 63.4 Å². The molecule has 0 aliphatic carbocycles. The van der Waals surface area contributed by atoms with Gasteiger partial charge in [0.15, 0.2) is 6.20 Å². The molecule has 2 saturated heterocycles. The molecule has 11 nitrogen and oxygen atoms in total. The molecule has 1 aromatic carbocycles. The van der Waals surface area contributed by atoms with Crippen molar-refractivity contribution in [1.29, 1.82) is 0 Å². The Bertz CT molecular complexity index is 1360. The van der Waals surface area contributed by atoms with Crippen molar-refractivity contribution in [3.63, 3.8) is 0 Å². The van der Waals surface area contributed by atoms with Crippen LogP contribution in [-0.2, 0) is 20.7 Å². The number of fused-ring (bicyclic) bond motifs is 1. The molecule has 2 aromatic rings. The van der Waals surface area contributed by atoms with Gasteiger partial charge < -0.3 is 24.6 Å². The van der Waals surface area contributed by atoms with Gasteiger partial charge in [-0.3, -0.25) is 14.5 Å². The molecule has 4 aliphatic rings. The first kappa shape index (κ1) is 27.1. The maximum Gasteiger partial charge on any atom is 0.308 e. The number of hydrogen-bond donors (Lipinski definition) is 1. The number of amidine groups is 1. The third-order valence-electron chi connectivity index (χ3n) is 7.84. The first-order valence-electron chi connectivity index (χ1n) is 14.1. The van der Waals surface area contributed by atoms with Crippen molar-refractivity contribution in [3.05, 3.63) is 78.0 Å². The second-order valence-corrected chi connectivity index (χ2v) is 10.5. The molecule has 2 fully saturated rings. The Hall–Kier alpha value is -4.06. The molecule has 0 spiro atoms. The number of morpholine rings is 1. The van der Waals surface area contributed by atoms with Crippen LogP contribution >= 0.6 is 0 Å². The average Bonchev–Trinajstić information content (AvgIpc) is 3.51. The Morgan fingerprint density at radius 2 is 1.93 bits per heavy atom. The van der Waals surface area contributed by atoms with E-state index in [1.165, 1.54) is 0 Å². The lowest BCUT2D eigenvalue weighted by Crippen LogP contribution is -2.46. The van der Waals surface area contributed by atoms with Gasteiger partial charge in [0.05, 0.1) is 37.5 Å². The van der Waals surface area contributed by atoms with Gasteiger partial charge >= 0.3 is 5.84 Å². The molecule has 5 heterocycles. The van der Waals surface area contributed by atoms with Crippen molar-refractivity contribution in [3.8, 4) is 0 Å². The quantitative estimate of drug-likeness (QED) is 0.522. The zero-order chi connectivity index (χ0) is 28.2. The van der Waals surface area contributed by atoms with E-state index in [9.17, 15) is 9.59 Å². The first-order chi connectivity index (χ1) is 20.1. The highest BCUT2D eigenvalue weighted by atomic mass is 16.5. The summed E-state index contributed by atoms with van der Waals surface area (Å²) in [7, 11) is 1.73. The number of rotatable bonds is 7. The van der Waals surface area contributed by atoms with E-state index in [2.05, 4.69) is 31.2 Å². The molecular weight excluding hydrogens is 522 g/mol. The predicted octanol–water partition coefficient (Wildman–Crippen LogP) is 2.49. The minimum atomic E-state index is -0.0382. The molecule has 1 radical (unpaired) electrons. The molecule has 2 amide bonds. The molecule has 1 N–H and O–H groups in total. The number of nitrogens with zero attached hydrogens (tertiary/aromatic N) is 6. The van der Waals surface area contributed by atoms with E-state index in [0.717, 1.165) is 48.7 Å². The molecule has 0 bridgehead atoms. The van der Waals surface area contributed by atoms with Crippen molar-refractivity contribution in [2.45, 2.75) is 25.4 Å². The monoisotopic (exact) mass is 557 g/mol. The molecular formula is C30H35N7O4+. The van der Waals surface area contributed by atoms with Crippen LogP contribution in [0.2, 0.25) is 0 Å². The third kappa shape index (κ3) is 6.17. The van der Waals surface area contributed by atoms with Crippen LogP contribution in [0.5, 0.6) is 0 Å².